The highest BCUT2D eigenvalue weighted by Crippen LogP contribution is 2.15. The zero-order valence-corrected chi connectivity index (χ0v) is 8.69. The number of aliphatic hydroxyl groups is 1. The second kappa shape index (κ2) is 4.62. The van der Waals surface area contributed by atoms with Gasteiger partial charge >= 0.3 is 0 Å². The lowest BCUT2D eigenvalue weighted by Gasteiger charge is -1.92. The highest BCUT2D eigenvalue weighted by Gasteiger charge is 2.05. The molecule has 0 amide bonds. The number of halogens is 1. The maximum Gasteiger partial charge on any atom is 0.127 e. The molecule has 0 fully saturated rings. The number of aryl methyl sites for hydroxylation is 1. The van der Waals surface area contributed by atoms with Gasteiger partial charge in [-0.2, -0.15) is 0 Å². The van der Waals surface area contributed by atoms with Crippen LogP contribution in [0.25, 0.3) is 0 Å². The van der Waals surface area contributed by atoms with Crippen LogP contribution in [0.15, 0.2) is 4.60 Å². The summed E-state index contributed by atoms with van der Waals surface area (Å²) in [6.45, 7) is 2.27. The van der Waals surface area contributed by atoms with Gasteiger partial charge in [0.15, 0.2) is 0 Å². The number of aromatic amines is 1. The molecule has 1 aromatic rings. The highest BCUT2D eigenvalue weighted by atomic mass is 79.9. The van der Waals surface area contributed by atoms with Crippen LogP contribution in [0.2, 0.25) is 0 Å². The number of rotatable bonds is 4. The number of hydrogen-bond acceptors (Lipinski definition) is 2. The fourth-order valence-corrected chi connectivity index (χ4v) is 1.59. The monoisotopic (exact) mass is 232 g/mol. The first kappa shape index (κ1) is 9.74. The van der Waals surface area contributed by atoms with Crippen LogP contribution in [0, 0.1) is 0 Å². The van der Waals surface area contributed by atoms with Crippen molar-refractivity contribution in [3.63, 3.8) is 0 Å². The molecule has 1 aromatic heterocycles. The summed E-state index contributed by atoms with van der Waals surface area (Å²) in [6, 6.07) is 0. The smallest absolute Gasteiger partial charge is 0.127 e. The van der Waals surface area contributed by atoms with Crippen LogP contribution < -0.4 is 0 Å². The molecule has 0 aliphatic carbocycles. The van der Waals surface area contributed by atoms with Crippen LogP contribution in [-0.2, 0) is 12.8 Å². The van der Waals surface area contributed by atoms with Crippen LogP contribution in [-0.4, -0.2) is 21.7 Å². The Labute approximate surface area is 80.3 Å². The van der Waals surface area contributed by atoms with Gasteiger partial charge in [-0.3, -0.25) is 0 Å². The van der Waals surface area contributed by atoms with Crippen LogP contribution in [0.3, 0.4) is 0 Å². The fraction of sp³-hybridized carbons (Fsp3) is 0.625. The third-order valence-electron chi connectivity index (χ3n) is 1.63. The van der Waals surface area contributed by atoms with Gasteiger partial charge in [0.1, 0.15) is 10.4 Å². The second-order valence-corrected chi connectivity index (χ2v) is 3.43. The van der Waals surface area contributed by atoms with Gasteiger partial charge in [0.25, 0.3) is 0 Å². The van der Waals surface area contributed by atoms with Gasteiger partial charge in [-0.05, 0) is 22.4 Å². The van der Waals surface area contributed by atoms with Crippen LogP contribution in [0.4, 0.5) is 0 Å². The zero-order valence-electron chi connectivity index (χ0n) is 7.10. The average Bonchev–Trinajstić information content (AvgIpc) is 2.34. The lowest BCUT2D eigenvalue weighted by Crippen LogP contribution is -1.93. The number of H-pyrrole nitrogens is 1. The molecule has 0 radical (unpaired) electrons. The van der Waals surface area contributed by atoms with Crippen molar-refractivity contribution in [3.05, 3.63) is 16.1 Å². The Balaban J connectivity index is 2.70. The Bertz CT molecular complexity index is 247. The van der Waals surface area contributed by atoms with Gasteiger partial charge in [0, 0.05) is 12.1 Å². The molecule has 4 heteroatoms. The number of aromatic nitrogens is 2. The van der Waals surface area contributed by atoms with E-state index in [0.29, 0.717) is 6.42 Å². The molecule has 0 saturated carbocycles. The van der Waals surface area contributed by atoms with E-state index in [1.54, 1.807) is 0 Å². The Morgan fingerprint density at radius 3 is 2.83 bits per heavy atom. The van der Waals surface area contributed by atoms with E-state index in [4.69, 9.17) is 5.11 Å². The lowest BCUT2D eigenvalue weighted by molar-refractivity contribution is 0.297. The quantitative estimate of drug-likeness (QED) is 0.830. The van der Waals surface area contributed by atoms with E-state index >= 15 is 0 Å². The van der Waals surface area contributed by atoms with Crippen molar-refractivity contribution >= 4 is 15.9 Å². The molecule has 0 bridgehead atoms. The number of nitrogens with one attached hydrogen (secondary N) is 1. The minimum Gasteiger partial charge on any atom is -0.396 e. The lowest BCUT2D eigenvalue weighted by atomic mass is 10.3. The molecule has 0 aliphatic rings. The summed E-state index contributed by atoms with van der Waals surface area (Å²) >= 11 is 3.36. The van der Waals surface area contributed by atoms with Crippen LogP contribution in [0.1, 0.15) is 24.9 Å². The number of hydrogen-bond donors (Lipinski definition) is 2. The molecule has 3 nitrogen and oxygen atoms in total. The van der Waals surface area contributed by atoms with Crippen molar-refractivity contribution in [1.29, 1.82) is 0 Å². The van der Waals surface area contributed by atoms with Crippen molar-refractivity contribution in [2.24, 2.45) is 0 Å². The third-order valence-corrected chi connectivity index (χ3v) is 2.28. The Morgan fingerprint density at radius 1 is 1.50 bits per heavy atom. The van der Waals surface area contributed by atoms with E-state index in [2.05, 4.69) is 32.8 Å². The number of nitrogens with zero attached hydrogens (tertiary/aromatic N) is 1. The summed E-state index contributed by atoms with van der Waals surface area (Å²) in [5.41, 5.74) is 1.13. The standard InChI is InChI=1S/C8H13BrN2O/c1-2-3-6-8(9)11-7(10-6)4-5-12/h12H,2-5H2,1H3,(H,10,11). The largest absolute Gasteiger partial charge is 0.396 e. The molecule has 1 rings (SSSR count). The van der Waals surface area contributed by atoms with Crippen LogP contribution >= 0.6 is 15.9 Å². The molecule has 1 heterocycles. The van der Waals surface area contributed by atoms with E-state index in [9.17, 15) is 0 Å². The number of aliphatic hydroxyl groups excluding tert-OH is 1. The molecular formula is C8H13BrN2O. The summed E-state index contributed by atoms with van der Waals surface area (Å²) in [5.74, 6) is 0.854. The van der Waals surface area contributed by atoms with Crippen molar-refractivity contribution < 1.29 is 5.11 Å². The van der Waals surface area contributed by atoms with Crippen LogP contribution in [0.5, 0.6) is 0 Å². The number of imidazole rings is 1. The van der Waals surface area contributed by atoms with Gasteiger partial charge in [0.2, 0.25) is 0 Å². The first-order chi connectivity index (χ1) is 5.77. The summed E-state index contributed by atoms with van der Waals surface area (Å²) in [6.07, 6.45) is 2.70. The minimum atomic E-state index is 0.144. The molecule has 0 aliphatic heterocycles. The molecule has 0 unspecified atom stereocenters. The molecule has 68 valence electrons. The fourth-order valence-electron chi connectivity index (χ4n) is 1.08. The van der Waals surface area contributed by atoms with E-state index < -0.39 is 0 Å². The Hall–Kier alpha value is -0.350. The zero-order chi connectivity index (χ0) is 8.97. The Kier molecular flexibility index (Phi) is 3.75. The van der Waals surface area contributed by atoms with Gasteiger partial charge in [0.05, 0.1) is 6.61 Å². The first-order valence-electron chi connectivity index (χ1n) is 4.12. The van der Waals surface area contributed by atoms with Crippen molar-refractivity contribution in [2.75, 3.05) is 6.61 Å². The minimum absolute atomic E-state index is 0.144. The van der Waals surface area contributed by atoms with Gasteiger partial charge in [-0.15, -0.1) is 0 Å². The molecular weight excluding hydrogens is 220 g/mol. The Morgan fingerprint density at radius 2 is 2.25 bits per heavy atom. The third kappa shape index (κ3) is 2.32. The molecule has 12 heavy (non-hydrogen) atoms. The summed E-state index contributed by atoms with van der Waals surface area (Å²) < 4.78 is 0.882. The summed E-state index contributed by atoms with van der Waals surface area (Å²) in [7, 11) is 0. The van der Waals surface area contributed by atoms with E-state index in [1.807, 2.05) is 0 Å². The molecule has 2 N–H and O–H groups in total. The van der Waals surface area contributed by atoms with Gasteiger partial charge in [-0.1, -0.05) is 13.3 Å². The van der Waals surface area contributed by atoms with Crippen molar-refractivity contribution in [3.8, 4) is 0 Å². The van der Waals surface area contributed by atoms with Crippen molar-refractivity contribution in [1.82, 2.24) is 9.97 Å². The van der Waals surface area contributed by atoms with E-state index in [1.165, 1.54) is 0 Å². The predicted octanol–water partition coefficient (Wildman–Crippen LogP) is 1.66. The molecule has 0 aromatic carbocycles. The summed E-state index contributed by atoms with van der Waals surface area (Å²) in [5, 5.41) is 8.67. The average molecular weight is 233 g/mol. The highest BCUT2D eigenvalue weighted by molar-refractivity contribution is 9.10. The van der Waals surface area contributed by atoms with Gasteiger partial charge < -0.3 is 10.1 Å². The van der Waals surface area contributed by atoms with E-state index in [0.717, 1.165) is 29.0 Å². The second-order valence-electron chi connectivity index (χ2n) is 2.68. The summed E-state index contributed by atoms with van der Waals surface area (Å²) in [4.78, 5) is 7.39. The molecule has 0 atom stereocenters. The van der Waals surface area contributed by atoms with E-state index in [-0.39, 0.29) is 6.61 Å². The SMILES string of the molecule is CCCc1[nH]c(CCO)nc1Br. The first-order valence-corrected chi connectivity index (χ1v) is 4.91. The maximum absolute atomic E-state index is 8.67. The normalized spacial score (nSPS) is 10.6. The maximum atomic E-state index is 8.67. The van der Waals surface area contributed by atoms with Gasteiger partial charge in [-0.25, -0.2) is 4.98 Å². The predicted molar refractivity (Wildman–Crippen MR) is 51.1 cm³/mol. The topological polar surface area (TPSA) is 48.9 Å². The molecule has 0 spiro atoms. The molecule has 0 saturated heterocycles. The van der Waals surface area contributed by atoms with Crippen molar-refractivity contribution in [2.45, 2.75) is 26.2 Å².